The zero-order valence-corrected chi connectivity index (χ0v) is 20.8. The summed E-state index contributed by atoms with van der Waals surface area (Å²) in [5.74, 6) is -1.33. The van der Waals surface area contributed by atoms with Crippen molar-refractivity contribution in [2.24, 2.45) is 0 Å². The van der Waals surface area contributed by atoms with Crippen LogP contribution >= 0.6 is 0 Å². The first-order valence-corrected chi connectivity index (χ1v) is 11.9. The van der Waals surface area contributed by atoms with E-state index in [0.29, 0.717) is 18.6 Å². The van der Waals surface area contributed by atoms with Crippen LogP contribution in [0, 0.1) is 13.8 Å². The van der Waals surface area contributed by atoms with E-state index in [9.17, 15) is 14.4 Å². The maximum absolute atomic E-state index is 12.2. The zero-order valence-electron chi connectivity index (χ0n) is 20.8. The Kier molecular flexibility index (Phi) is 11.2. The quantitative estimate of drug-likeness (QED) is 0.358. The summed E-state index contributed by atoms with van der Waals surface area (Å²) in [6, 6.07) is 12.3. The average Bonchev–Trinajstić information content (AvgIpc) is 3.34. The summed E-state index contributed by atoms with van der Waals surface area (Å²) in [4.78, 5) is 33.8. The third-order valence-corrected chi connectivity index (χ3v) is 5.73. The van der Waals surface area contributed by atoms with E-state index in [2.05, 4.69) is 36.9 Å². The number of Topliss-reactive ketones (excluding diaryl/α,β-unsaturated/α-hetero) is 1. The van der Waals surface area contributed by atoms with E-state index < -0.39 is 11.9 Å². The fourth-order valence-electron chi connectivity index (χ4n) is 3.92. The van der Waals surface area contributed by atoms with Gasteiger partial charge in [-0.2, -0.15) is 0 Å². The number of carboxylic acid groups (broad SMARTS) is 2. The van der Waals surface area contributed by atoms with E-state index in [1.165, 1.54) is 37.1 Å². The molecule has 2 N–H and O–H groups in total. The van der Waals surface area contributed by atoms with Crippen LogP contribution in [0.25, 0.3) is 11.1 Å². The van der Waals surface area contributed by atoms with Gasteiger partial charge in [0.05, 0.1) is 0 Å². The highest BCUT2D eigenvalue weighted by atomic mass is 16.5. The summed E-state index contributed by atoms with van der Waals surface area (Å²) in [7, 11) is 0. The molecule has 1 heterocycles. The predicted molar refractivity (Wildman–Crippen MR) is 136 cm³/mol. The molecule has 0 aromatic heterocycles. The Morgan fingerprint density at radius 2 is 1.63 bits per heavy atom. The van der Waals surface area contributed by atoms with Gasteiger partial charge in [0.25, 0.3) is 0 Å². The Morgan fingerprint density at radius 1 is 0.971 bits per heavy atom. The molecule has 7 heteroatoms. The van der Waals surface area contributed by atoms with Crippen LogP contribution in [-0.4, -0.2) is 59.1 Å². The van der Waals surface area contributed by atoms with E-state index in [1.807, 2.05) is 25.1 Å². The van der Waals surface area contributed by atoms with Crippen molar-refractivity contribution in [2.45, 2.75) is 46.5 Å². The van der Waals surface area contributed by atoms with Crippen molar-refractivity contribution in [2.75, 3.05) is 26.2 Å². The second-order valence-electron chi connectivity index (χ2n) is 8.59. The standard InChI is InChI=1S/C24H31NO2.C4H4O4/c1-4-8-23(26)21-10-7-9-20(17-21)22-15-19(3)24(16-18(22)2)27-14-13-25-11-5-6-12-25;5-3(6)1-2-4(7)8/h7,9-10,15-17H,4-6,8,11-14H2,1-3H3;1-2H,(H,5,6)(H,7,8)/b;2-1+. The summed E-state index contributed by atoms with van der Waals surface area (Å²) < 4.78 is 6.07. The first kappa shape index (κ1) is 27.8. The average molecular weight is 482 g/mol. The molecule has 0 unspecified atom stereocenters. The first-order chi connectivity index (χ1) is 16.7. The lowest BCUT2D eigenvalue weighted by Gasteiger charge is -2.17. The fraction of sp³-hybridized carbons (Fsp3) is 0.393. The van der Waals surface area contributed by atoms with Gasteiger partial charge in [0.15, 0.2) is 5.78 Å². The highest BCUT2D eigenvalue weighted by Gasteiger charge is 2.13. The number of rotatable bonds is 10. The second-order valence-corrected chi connectivity index (χ2v) is 8.59. The number of nitrogens with zero attached hydrogens (tertiary/aromatic N) is 1. The number of benzene rings is 2. The molecule has 0 aliphatic carbocycles. The number of likely N-dealkylation sites (tertiary alicyclic amines) is 1. The first-order valence-electron chi connectivity index (χ1n) is 11.9. The summed E-state index contributed by atoms with van der Waals surface area (Å²) in [6.07, 6.45) is 5.22. The van der Waals surface area contributed by atoms with Crippen LogP contribution in [0.2, 0.25) is 0 Å². The van der Waals surface area contributed by atoms with Crippen LogP contribution in [0.15, 0.2) is 48.6 Å². The van der Waals surface area contributed by atoms with E-state index in [0.717, 1.165) is 42.0 Å². The minimum atomic E-state index is -1.26. The van der Waals surface area contributed by atoms with Crippen molar-refractivity contribution in [3.63, 3.8) is 0 Å². The molecule has 0 saturated carbocycles. The largest absolute Gasteiger partial charge is 0.492 e. The Bertz CT molecular complexity index is 1040. The molecule has 1 saturated heterocycles. The number of carbonyl (C=O) groups is 3. The number of hydrogen-bond acceptors (Lipinski definition) is 5. The molecule has 0 atom stereocenters. The number of ether oxygens (including phenoxy) is 1. The number of carbonyl (C=O) groups excluding carboxylic acids is 1. The predicted octanol–water partition coefficient (Wildman–Crippen LogP) is 5.14. The van der Waals surface area contributed by atoms with Gasteiger partial charge in [0.1, 0.15) is 12.4 Å². The SMILES string of the molecule is CCCC(=O)c1cccc(-c2cc(C)c(OCCN3CCCC3)cc2C)c1.O=C(O)/C=C/C(=O)O. The van der Waals surface area contributed by atoms with Crippen molar-refractivity contribution in [1.82, 2.24) is 4.90 Å². The summed E-state index contributed by atoms with van der Waals surface area (Å²) >= 11 is 0. The van der Waals surface area contributed by atoms with Crippen molar-refractivity contribution in [3.8, 4) is 16.9 Å². The van der Waals surface area contributed by atoms with E-state index in [4.69, 9.17) is 14.9 Å². The van der Waals surface area contributed by atoms with Crippen LogP contribution in [-0.2, 0) is 9.59 Å². The topological polar surface area (TPSA) is 104 Å². The Hall–Kier alpha value is -3.45. The van der Waals surface area contributed by atoms with Crippen molar-refractivity contribution in [1.29, 1.82) is 0 Å². The molecule has 188 valence electrons. The van der Waals surface area contributed by atoms with Crippen molar-refractivity contribution < 1.29 is 29.3 Å². The molecule has 2 aromatic carbocycles. The molecular formula is C28H35NO6. The number of ketones is 1. The van der Waals surface area contributed by atoms with Gasteiger partial charge in [-0.1, -0.05) is 25.1 Å². The van der Waals surface area contributed by atoms with Gasteiger partial charge < -0.3 is 14.9 Å². The van der Waals surface area contributed by atoms with E-state index in [-0.39, 0.29) is 5.78 Å². The van der Waals surface area contributed by atoms with E-state index >= 15 is 0 Å². The Balaban J connectivity index is 0.000000466. The molecule has 1 aliphatic heterocycles. The third-order valence-electron chi connectivity index (χ3n) is 5.73. The smallest absolute Gasteiger partial charge is 0.328 e. The van der Waals surface area contributed by atoms with Crippen LogP contribution in [0.4, 0.5) is 0 Å². The van der Waals surface area contributed by atoms with Gasteiger partial charge in [0.2, 0.25) is 0 Å². The van der Waals surface area contributed by atoms with E-state index in [1.54, 1.807) is 0 Å². The molecule has 3 rings (SSSR count). The van der Waals surface area contributed by atoms with Crippen molar-refractivity contribution in [3.05, 3.63) is 65.2 Å². The molecule has 0 spiro atoms. The fourth-order valence-corrected chi connectivity index (χ4v) is 3.92. The second kappa shape index (κ2) is 14.1. The Labute approximate surface area is 207 Å². The molecule has 1 fully saturated rings. The highest BCUT2D eigenvalue weighted by molar-refractivity contribution is 5.97. The lowest BCUT2D eigenvalue weighted by molar-refractivity contribution is -0.134. The van der Waals surface area contributed by atoms with Gasteiger partial charge in [-0.3, -0.25) is 9.69 Å². The Morgan fingerprint density at radius 3 is 2.23 bits per heavy atom. The minimum Gasteiger partial charge on any atom is -0.492 e. The number of hydrogen-bond donors (Lipinski definition) is 2. The lowest BCUT2D eigenvalue weighted by Crippen LogP contribution is -2.25. The maximum atomic E-state index is 12.2. The normalized spacial score (nSPS) is 13.3. The van der Waals surface area contributed by atoms with Gasteiger partial charge >= 0.3 is 11.9 Å². The van der Waals surface area contributed by atoms with Gasteiger partial charge in [-0.05, 0) is 86.7 Å². The number of aryl methyl sites for hydroxylation is 2. The molecule has 0 bridgehead atoms. The highest BCUT2D eigenvalue weighted by Crippen LogP contribution is 2.31. The summed E-state index contributed by atoms with van der Waals surface area (Å²) in [5, 5.41) is 15.6. The monoisotopic (exact) mass is 481 g/mol. The van der Waals surface area contributed by atoms with Gasteiger partial charge in [-0.25, -0.2) is 9.59 Å². The zero-order chi connectivity index (χ0) is 25.8. The number of aliphatic carboxylic acids is 2. The molecule has 2 aromatic rings. The van der Waals surface area contributed by atoms with Crippen LogP contribution < -0.4 is 4.74 Å². The summed E-state index contributed by atoms with van der Waals surface area (Å²) in [6.45, 7) is 10.4. The molecule has 7 nitrogen and oxygen atoms in total. The van der Waals surface area contributed by atoms with Crippen LogP contribution in [0.3, 0.4) is 0 Å². The molecule has 1 aliphatic rings. The van der Waals surface area contributed by atoms with Crippen molar-refractivity contribution >= 4 is 17.7 Å². The molecule has 0 radical (unpaired) electrons. The molecular weight excluding hydrogens is 446 g/mol. The molecule has 35 heavy (non-hydrogen) atoms. The summed E-state index contributed by atoms with van der Waals surface area (Å²) in [5.41, 5.74) is 5.39. The van der Waals surface area contributed by atoms with Crippen LogP contribution in [0.5, 0.6) is 5.75 Å². The molecule has 0 amide bonds. The van der Waals surface area contributed by atoms with Gasteiger partial charge in [0, 0.05) is 30.7 Å². The lowest BCUT2D eigenvalue weighted by atomic mass is 9.95. The maximum Gasteiger partial charge on any atom is 0.328 e. The third kappa shape index (κ3) is 9.37. The van der Waals surface area contributed by atoms with Crippen LogP contribution in [0.1, 0.15) is 54.1 Å². The van der Waals surface area contributed by atoms with Gasteiger partial charge in [-0.15, -0.1) is 0 Å². The number of carboxylic acids is 2. The minimum absolute atomic E-state index is 0.218.